The van der Waals surface area contributed by atoms with Crippen molar-refractivity contribution in [1.82, 2.24) is 5.32 Å². The molecular weight excluding hydrogens is 405 g/mol. The minimum atomic E-state index is -0.762. The second kappa shape index (κ2) is 8.67. The topological polar surface area (TPSA) is 124 Å². The van der Waals surface area contributed by atoms with Crippen LogP contribution in [0.1, 0.15) is 9.67 Å². The van der Waals surface area contributed by atoms with Crippen LogP contribution < -0.4 is 10.6 Å². The molecule has 0 spiro atoms. The highest BCUT2D eigenvalue weighted by molar-refractivity contribution is 8.14. The predicted octanol–water partition coefficient (Wildman–Crippen LogP) is 2.30. The summed E-state index contributed by atoms with van der Waals surface area (Å²) >= 11 is 2.03. The number of amidine groups is 2. The fourth-order valence-corrected chi connectivity index (χ4v) is 3.33. The summed E-state index contributed by atoms with van der Waals surface area (Å²) in [5.74, 6) is -3.12. The Hall–Kier alpha value is -3.18. The quantitative estimate of drug-likeness (QED) is 0.706. The standard InChI is InChI=1S/C17H12FN5O3S2/c18-9-4-1-2-5-10(9)20-12(24)8-28-17-22-14(19)13(16(26)23-17)21-15(25)11-6-3-7-27-11/h1-7H,8H2,(H,20,24)(H2,19,22,23,26). The average Bonchev–Trinajstić information content (AvgIpc) is 3.20. The molecule has 1 aliphatic heterocycles. The van der Waals surface area contributed by atoms with Gasteiger partial charge in [-0.15, -0.1) is 11.3 Å². The molecule has 3 rings (SSSR count). The number of carbonyl (C=O) groups is 3. The summed E-state index contributed by atoms with van der Waals surface area (Å²) in [7, 11) is 0. The van der Waals surface area contributed by atoms with Gasteiger partial charge in [-0.25, -0.2) is 9.38 Å². The Morgan fingerprint density at radius 2 is 2.07 bits per heavy atom. The molecule has 0 atom stereocenters. The van der Waals surface area contributed by atoms with Gasteiger partial charge in [0.25, 0.3) is 11.8 Å². The minimum absolute atomic E-state index is 0.0150. The molecule has 0 bridgehead atoms. The first-order valence-electron chi connectivity index (χ1n) is 7.76. The number of nitrogens with one attached hydrogen (secondary N) is 3. The molecule has 8 nitrogen and oxygen atoms in total. The summed E-state index contributed by atoms with van der Waals surface area (Å²) in [5, 5.41) is 14.3. The van der Waals surface area contributed by atoms with Crippen molar-refractivity contribution >= 4 is 63.2 Å². The Kier molecular flexibility index (Phi) is 6.06. The van der Waals surface area contributed by atoms with Crippen LogP contribution in [0.15, 0.2) is 51.8 Å². The third-order valence-corrected chi connectivity index (χ3v) is 5.04. The first kappa shape index (κ1) is 19.6. The van der Waals surface area contributed by atoms with Gasteiger partial charge < -0.3 is 5.32 Å². The molecule has 1 aliphatic rings. The number of rotatable bonds is 4. The van der Waals surface area contributed by atoms with Gasteiger partial charge in [-0.2, -0.15) is 4.99 Å². The van der Waals surface area contributed by atoms with E-state index in [0.717, 1.165) is 11.8 Å². The molecule has 0 fully saturated rings. The summed E-state index contributed by atoms with van der Waals surface area (Å²) in [6, 6.07) is 8.94. The Morgan fingerprint density at radius 1 is 1.29 bits per heavy atom. The molecule has 28 heavy (non-hydrogen) atoms. The van der Waals surface area contributed by atoms with Crippen LogP contribution >= 0.6 is 23.1 Å². The van der Waals surface area contributed by atoms with E-state index in [1.165, 1.54) is 29.5 Å². The van der Waals surface area contributed by atoms with Crippen LogP contribution in [0.3, 0.4) is 0 Å². The molecule has 142 valence electrons. The number of benzene rings is 1. The van der Waals surface area contributed by atoms with Crippen LogP contribution in [-0.2, 0) is 9.59 Å². The lowest BCUT2D eigenvalue weighted by Gasteiger charge is -2.14. The van der Waals surface area contributed by atoms with E-state index >= 15 is 0 Å². The van der Waals surface area contributed by atoms with Crippen molar-refractivity contribution in [3.8, 4) is 0 Å². The van der Waals surface area contributed by atoms with Crippen LogP contribution in [0.25, 0.3) is 0 Å². The van der Waals surface area contributed by atoms with Gasteiger partial charge in [-0.05, 0) is 23.6 Å². The molecule has 0 radical (unpaired) electrons. The number of nitrogens with zero attached hydrogens (tertiary/aromatic N) is 2. The zero-order valence-electron chi connectivity index (χ0n) is 14.1. The molecule has 1 aromatic carbocycles. The van der Waals surface area contributed by atoms with Crippen molar-refractivity contribution in [3.63, 3.8) is 0 Å². The summed E-state index contributed by atoms with van der Waals surface area (Å²) in [6.07, 6.45) is 0. The third-order valence-electron chi connectivity index (χ3n) is 3.31. The number of hydrogen-bond acceptors (Lipinski definition) is 6. The normalized spacial score (nSPS) is 15.2. The Labute approximate surface area is 166 Å². The number of amides is 3. The number of carbonyl (C=O) groups excluding carboxylic acids is 3. The van der Waals surface area contributed by atoms with E-state index in [1.807, 2.05) is 0 Å². The Balaban J connectivity index is 1.61. The number of para-hydroxylation sites is 1. The van der Waals surface area contributed by atoms with Gasteiger partial charge in [0.1, 0.15) is 5.82 Å². The summed E-state index contributed by atoms with van der Waals surface area (Å²) < 4.78 is 13.5. The van der Waals surface area contributed by atoms with Crippen LogP contribution in [0.4, 0.5) is 10.1 Å². The second-order valence-corrected chi connectivity index (χ2v) is 7.19. The lowest BCUT2D eigenvalue weighted by Crippen LogP contribution is -2.43. The number of hydrogen-bond donors (Lipinski definition) is 3. The van der Waals surface area contributed by atoms with E-state index in [2.05, 4.69) is 20.6 Å². The number of thioether (sulfide) groups is 1. The average molecular weight is 417 g/mol. The van der Waals surface area contributed by atoms with Crippen LogP contribution in [-0.4, -0.2) is 40.2 Å². The largest absolute Gasteiger partial charge is 0.323 e. The van der Waals surface area contributed by atoms with Gasteiger partial charge >= 0.3 is 0 Å². The molecule has 2 heterocycles. The third kappa shape index (κ3) is 4.75. The summed E-state index contributed by atoms with van der Waals surface area (Å²) in [5.41, 5.74) is -0.365. The van der Waals surface area contributed by atoms with Crippen LogP contribution in [0, 0.1) is 11.2 Å². The number of halogens is 1. The first-order valence-corrected chi connectivity index (χ1v) is 9.63. The van der Waals surface area contributed by atoms with Gasteiger partial charge in [0.15, 0.2) is 16.7 Å². The maximum absolute atomic E-state index is 13.5. The van der Waals surface area contributed by atoms with Crippen LogP contribution in [0.5, 0.6) is 0 Å². The number of thiophene rings is 1. The maximum Gasteiger partial charge on any atom is 0.287 e. The molecular formula is C17H12FN5O3S2. The maximum atomic E-state index is 13.5. The zero-order valence-corrected chi connectivity index (χ0v) is 15.7. The van der Waals surface area contributed by atoms with E-state index in [4.69, 9.17) is 5.41 Å². The molecule has 11 heteroatoms. The molecule has 3 N–H and O–H groups in total. The number of aliphatic imine (C=N–C) groups is 2. The van der Waals surface area contributed by atoms with E-state index in [-0.39, 0.29) is 16.6 Å². The van der Waals surface area contributed by atoms with E-state index in [0.29, 0.717) is 4.88 Å². The van der Waals surface area contributed by atoms with Crippen molar-refractivity contribution in [1.29, 1.82) is 5.41 Å². The van der Waals surface area contributed by atoms with E-state index < -0.39 is 35.1 Å². The first-order chi connectivity index (χ1) is 13.4. The minimum Gasteiger partial charge on any atom is -0.323 e. The van der Waals surface area contributed by atoms with Crippen LogP contribution in [0.2, 0.25) is 0 Å². The van der Waals surface area contributed by atoms with Crippen molar-refractivity contribution in [3.05, 3.63) is 52.5 Å². The summed E-state index contributed by atoms with van der Waals surface area (Å²) in [4.78, 5) is 43.8. The van der Waals surface area contributed by atoms with Gasteiger partial charge in [-0.1, -0.05) is 30.0 Å². The van der Waals surface area contributed by atoms with Crippen molar-refractivity contribution in [2.75, 3.05) is 11.1 Å². The predicted molar refractivity (Wildman–Crippen MR) is 107 cm³/mol. The fourth-order valence-electron chi connectivity index (χ4n) is 2.06. The number of anilines is 1. The monoisotopic (exact) mass is 417 g/mol. The van der Waals surface area contributed by atoms with Crippen molar-refractivity contribution in [2.45, 2.75) is 0 Å². The molecule has 1 aromatic heterocycles. The lowest BCUT2D eigenvalue weighted by atomic mass is 10.3. The Morgan fingerprint density at radius 3 is 2.75 bits per heavy atom. The smallest absolute Gasteiger partial charge is 0.287 e. The van der Waals surface area contributed by atoms with Crippen molar-refractivity contribution < 1.29 is 18.8 Å². The SMILES string of the molecule is N=C1N=C(SCC(=O)Nc2ccccc2F)NC(=O)C1=NC(=O)c1cccs1. The molecule has 2 aromatic rings. The lowest BCUT2D eigenvalue weighted by molar-refractivity contribution is -0.114. The molecule has 0 saturated carbocycles. The molecule has 0 saturated heterocycles. The molecule has 3 amide bonds. The molecule has 0 aliphatic carbocycles. The van der Waals surface area contributed by atoms with Gasteiger partial charge in [-0.3, -0.25) is 25.1 Å². The zero-order chi connectivity index (χ0) is 20.1. The van der Waals surface area contributed by atoms with E-state index in [9.17, 15) is 18.8 Å². The highest BCUT2D eigenvalue weighted by Crippen LogP contribution is 2.14. The van der Waals surface area contributed by atoms with Gasteiger partial charge in [0.2, 0.25) is 5.91 Å². The van der Waals surface area contributed by atoms with E-state index in [1.54, 1.807) is 23.6 Å². The van der Waals surface area contributed by atoms with Gasteiger partial charge in [0.05, 0.1) is 16.3 Å². The van der Waals surface area contributed by atoms with Crippen molar-refractivity contribution in [2.24, 2.45) is 9.98 Å². The Bertz CT molecular complexity index is 1020. The van der Waals surface area contributed by atoms with Gasteiger partial charge in [0, 0.05) is 0 Å². The highest BCUT2D eigenvalue weighted by atomic mass is 32.2. The molecule has 0 unspecified atom stereocenters. The second-order valence-electron chi connectivity index (χ2n) is 5.28. The summed E-state index contributed by atoms with van der Waals surface area (Å²) in [6.45, 7) is 0. The fraction of sp³-hybridized carbons (Fsp3) is 0.0588. The highest BCUT2D eigenvalue weighted by Gasteiger charge is 2.26.